The third-order valence-corrected chi connectivity index (χ3v) is 4.66. The van der Waals surface area contributed by atoms with Gasteiger partial charge in [0.25, 0.3) is 5.91 Å². The van der Waals surface area contributed by atoms with Gasteiger partial charge in [0.2, 0.25) is 0 Å². The van der Waals surface area contributed by atoms with E-state index in [1.165, 1.54) is 11.3 Å². The summed E-state index contributed by atoms with van der Waals surface area (Å²) < 4.78 is 6.62. The van der Waals surface area contributed by atoms with Gasteiger partial charge in [0.05, 0.1) is 18.9 Å². The van der Waals surface area contributed by atoms with Crippen molar-refractivity contribution in [3.8, 4) is 5.75 Å². The number of thiophene rings is 1. The molecule has 1 aromatic heterocycles. The van der Waals surface area contributed by atoms with Gasteiger partial charge in [-0.1, -0.05) is 0 Å². The molecule has 0 aliphatic carbocycles. The van der Waals surface area contributed by atoms with Gasteiger partial charge in [0.1, 0.15) is 10.6 Å². The number of rotatable bonds is 4. The normalized spacial score (nSPS) is 14.8. The molecule has 21 heavy (non-hydrogen) atoms. The van der Waals surface area contributed by atoms with Crippen LogP contribution in [0.4, 0.5) is 5.69 Å². The fourth-order valence-corrected chi connectivity index (χ4v) is 3.75. The van der Waals surface area contributed by atoms with Crippen LogP contribution in [0.1, 0.15) is 16.6 Å². The standard InChI is InChI=1S/C15H18N2O3S/c1-2-20-10-3-4-12-11(9-10)13-14(21-12)15(19)16-5-6-17(13)7-8-18/h3-4,9,18H,2,5-8H2,1H3,(H,16,19). The Morgan fingerprint density at radius 1 is 1.48 bits per heavy atom. The number of fused-ring (bicyclic) bond motifs is 3. The molecule has 0 spiro atoms. The smallest absolute Gasteiger partial charge is 0.263 e. The number of anilines is 1. The molecule has 0 atom stereocenters. The molecule has 3 rings (SSSR count). The van der Waals surface area contributed by atoms with Crippen LogP contribution in [-0.4, -0.2) is 43.9 Å². The van der Waals surface area contributed by atoms with E-state index in [1.807, 2.05) is 25.1 Å². The largest absolute Gasteiger partial charge is 0.494 e. The second kappa shape index (κ2) is 5.91. The van der Waals surface area contributed by atoms with Gasteiger partial charge < -0.3 is 20.1 Å². The average Bonchev–Trinajstić information content (AvgIpc) is 2.78. The molecule has 5 nitrogen and oxygen atoms in total. The Bertz CT molecular complexity index is 668. The van der Waals surface area contributed by atoms with E-state index in [0.29, 0.717) is 31.1 Å². The Kier molecular flexibility index (Phi) is 3.98. The van der Waals surface area contributed by atoms with Crippen molar-refractivity contribution in [1.82, 2.24) is 5.32 Å². The summed E-state index contributed by atoms with van der Waals surface area (Å²) in [5, 5.41) is 13.2. The topological polar surface area (TPSA) is 61.8 Å². The minimum atomic E-state index is -0.0374. The van der Waals surface area contributed by atoms with Crippen LogP contribution in [0.25, 0.3) is 10.1 Å². The molecular formula is C15H18N2O3S. The van der Waals surface area contributed by atoms with Crippen LogP contribution in [0, 0.1) is 0 Å². The van der Waals surface area contributed by atoms with Crippen molar-refractivity contribution in [2.75, 3.05) is 37.7 Å². The van der Waals surface area contributed by atoms with Crippen LogP contribution in [0.5, 0.6) is 5.75 Å². The molecule has 6 heteroatoms. The van der Waals surface area contributed by atoms with Gasteiger partial charge in [-0.15, -0.1) is 11.3 Å². The summed E-state index contributed by atoms with van der Waals surface area (Å²) in [5.74, 6) is 0.767. The maximum atomic E-state index is 12.2. The number of nitrogens with zero attached hydrogens (tertiary/aromatic N) is 1. The third kappa shape index (κ3) is 2.56. The molecule has 2 heterocycles. The van der Waals surface area contributed by atoms with Crippen LogP contribution in [0.3, 0.4) is 0 Å². The maximum Gasteiger partial charge on any atom is 0.263 e. The van der Waals surface area contributed by atoms with Gasteiger partial charge in [-0.3, -0.25) is 4.79 Å². The van der Waals surface area contributed by atoms with E-state index < -0.39 is 0 Å². The lowest BCUT2D eigenvalue weighted by molar-refractivity contribution is 0.0962. The third-order valence-electron chi connectivity index (χ3n) is 3.50. The van der Waals surface area contributed by atoms with Crippen molar-refractivity contribution in [2.45, 2.75) is 6.92 Å². The molecule has 0 saturated heterocycles. The van der Waals surface area contributed by atoms with E-state index in [4.69, 9.17) is 4.74 Å². The fraction of sp³-hybridized carbons (Fsp3) is 0.400. The van der Waals surface area contributed by atoms with E-state index in [2.05, 4.69) is 10.2 Å². The number of aliphatic hydroxyl groups is 1. The number of carbonyl (C=O) groups is 1. The van der Waals surface area contributed by atoms with Crippen molar-refractivity contribution in [1.29, 1.82) is 0 Å². The first-order valence-corrected chi connectivity index (χ1v) is 7.89. The van der Waals surface area contributed by atoms with E-state index in [9.17, 15) is 9.90 Å². The monoisotopic (exact) mass is 306 g/mol. The number of ether oxygens (including phenoxy) is 1. The number of nitrogens with one attached hydrogen (secondary N) is 1. The van der Waals surface area contributed by atoms with E-state index in [1.54, 1.807) is 0 Å². The molecule has 1 aliphatic rings. The lowest BCUT2D eigenvalue weighted by Crippen LogP contribution is -2.32. The number of carbonyl (C=O) groups excluding carboxylic acids is 1. The lowest BCUT2D eigenvalue weighted by atomic mass is 10.2. The molecule has 0 unspecified atom stereocenters. The molecule has 0 fully saturated rings. The maximum absolute atomic E-state index is 12.2. The lowest BCUT2D eigenvalue weighted by Gasteiger charge is -2.22. The summed E-state index contributed by atoms with van der Waals surface area (Å²) in [6, 6.07) is 5.90. The number of amides is 1. The second-order valence-corrected chi connectivity index (χ2v) is 5.89. The molecule has 0 radical (unpaired) electrons. The quantitative estimate of drug-likeness (QED) is 0.905. The van der Waals surface area contributed by atoms with E-state index in [0.717, 1.165) is 21.5 Å². The van der Waals surface area contributed by atoms with Crippen molar-refractivity contribution in [3.63, 3.8) is 0 Å². The zero-order chi connectivity index (χ0) is 14.8. The number of benzene rings is 1. The van der Waals surface area contributed by atoms with Crippen LogP contribution in [0.2, 0.25) is 0 Å². The summed E-state index contributed by atoms with van der Waals surface area (Å²) in [4.78, 5) is 15.0. The minimum absolute atomic E-state index is 0.0374. The van der Waals surface area contributed by atoms with Crippen LogP contribution < -0.4 is 15.0 Å². The Morgan fingerprint density at radius 2 is 2.33 bits per heavy atom. The first-order valence-electron chi connectivity index (χ1n) is 7.08. The number of hydrogen-bond acceptors (Lipinski definition) is 5. The number of β-amino-alcohol motifs (C(OH)–C–C–N with tert-alkyl or cyclic N) is 1. The van der Waals surface area contributed by atoms with Crippen molar-refractivity contribution in [3.05, 3.63) is 23.1 Å². The van der Waals surface area contributed by atoms with E-state index in [-0.39, 0.29) is 12.5 Å². The molecular weight excluding hydrogens is 288 g/mol. The van der Waals surface area contributed by atoms with Gasteiger partial charge in [-0.05, 0) is 25.1 Å². The predicted octanol–water partition coefficient (Wildman–Crippen LogP) is 1.84. The predicted molar refractivity (Wildman–Crippen MR) is 84.6 cm³/mol. The molecule has 1 aromatic carbocycles. The van der Waals surface area contributed by atoms with Crippen molar-refractivity contribution >= 4 is 33.0 Å². The number of aliphatic hydroxyl groups excluding tert-OH is 1. The zero-order valence-corrected chi connectivity index (χ0v) is 12.7. The highest BCUT2D eigenvalue weighted by atomic mass is 32.1. The highest BCUT2D eigenvalue weighted by Crippen LogP contribution is 2.40. The summed E-state index contributed by atoms with van der Waals surface area (Å²) in [7, 11) is 0. The Labute approximate surface area is 127 Å². The van der Waals surface area contributed by atoms with E-state index >= 15 is 0 Å². The first kappa shape index (κ1) is 14.2. The first-order chi connectivity index (χ1) is 10.2. The summed E-state index contributed by atoms with van der Waals surface area (Å²) in [6.45, 7) is 4.43. The second-order valence-electron chi connectivity index (χ2n) is 4.84. The molecule has 2 N–H and O–H groups in total. The highest BCUT2D eigenvalue weighted by molar-refractivity contribution is 7.21. The molecule has 2 aromatic rings. The molecule has 0 bridgehead atoms. The van der Waals surface area contributed by atoms with Crippen molar-refractivity contribution in [2.24, 2.45) is 0 Å². The average molecular weight is 306 g/mol. The van der Waals surface area contributed by atoms with Gasteiger partial charge in [-0.2, -0.15) is 0 Å². The minimum Gasteiger partial charge on any atom is -0.494 e. The molecule has 112 valence electrons. The van der Waals surface area contributed by atoms with Crippen LogP contribution in [0.15, 0.2) is 18.2 Å². The van der Waals surface area contributed by atoms with Gasteiger partial charge in [0.15, 0.2) is 0 Å². The van der Waals surface area contributed by atoms with Crippen molar-refractivity contribution < 1.29 is 14.6 Å². The van der Waals surface area contributed by atoms with Gasteiger partial charge >= 0.3 is 0 Å². The Hall–Kier alpha value is -1.79. The SMILES string of the molecule is CCOc1ccc2sc3c(c2c1)N(CCO)CCNC3=O. The Morgan fingerprint density at radius 3 is 3.10 bits per heavy atom. The van der Waals surface area contributed by atoms with Crippen LogP contribution in [-0.2, 0) is 0 Å². The Balaban J connectivity index is 2.17. The molecule has 1 aliphatic heterocycles. The summed E-state index contributed by atoms with van der Waals surface area (Å²) in [5.41, 5.74) is 0.917. The summed E-state index contributed by atoms with van der Waals surface area (Å²) in [6.07, 6.45) is 0. The zero-order valence-electron chi connectivity index (χ0n) is 11.9. The molecule has 1 amide bonds. The highest BCUT2D eigenvalue weighted by Gasteiger charge is 2.25. The molecule has 0 saturated carbocycles. The van der Waals surface area contributed by atoms with Crippen LogP contribution >= 0.6 is 11.3 Å². The summed E-state index contributed by atoms with van der Waals surface area (Å²) >= 11 is 1.49. The van der Waals surface area contributed by atoms with Gasteiger partial charge in [-0.25, -0.2) is 0 Å². The fourth-order valence-electron chi connectivity index (χ4n) is 2.63. The van der Waals surface area contributed by atoms with Gasteiger partial charge in [0, 0.05) is 29.7 Å². The number of hydrogen-bond donors (Lipinski definition) is 2.